The number of hydrogen-bond acceptors (Lipinski definition) is 9. The molecule has 0 aliphatic carbocycles. The molecular formula is C18H15F3N8O2S. The van der Waals surface area contributed by atoms with Gasteiger partial charge < -0.3 is 9.47 Å². The maximum Gasteiger partial charge on any atom is 0.416 e. The van der Waals surface area contributed by atoms with Crippen molar-refractivity contribution in [2.75, 3.05) is 14.2 Å². The van der Waals surface area contributed by atoms with Crippen molar-refractivity contribution in [3.05, 3.63) is 53.9 Å². The summed E-state index contributed by atoms with van der Waals surface area (Å²) >= 11 is 1.24. The predicted molar refractivity (Wildman–Crippen MR) is 106 cm³/mol. The summed E-state index contributed by atoms with van der Waals surface area (Å²) < 4.78 is 51.9. The first-order chi connectivity index (χ1) is 15.4. The lowest BCUT2D eigenvalue weighted by Crippen LogP contribution is -2.07. The number of nitrogens with zero attached hydrogens (tertiary/aromatic N) is 8. The quantitative estimate of drug-likeness (QED) is 0.382. The van der Waals surface area contributed by atoms with Crippen LogP contribution in [0.15, 0.2) is 47.6 Å². The Morgan fingerprint density at radius 2 is 1.62 bits per heavy atom. The number of alkyl halides is 3. The average Bonchev–Trinajstić information content (AvgIpc) is 3.46. The van der Waals surface area contributed by atoms with Crippen LogP contribution in [0.2, 0.25) is 0 Å². The van der Waals surface area contributed by atoms with Gasteiger partial charge in [-0.15, -0.1) is 10.2 Å². The van der Waals surface area contributed by atoms with Gasteiger partial charge in [-0.05, 0) is 57.3 Å². The number of halogens is 3. The highest BCUT2D eigenvalue weighted by atomic mass is 32.2. The first-order valence-electron chi connectivity index (χ1n) is 8.99. The summed E-state index contributed by atoms with van der Waals surface area (Å²) in [5, 5.41) is 23.7. The first kappa shape index (κ1) is 21.5. The van der Waals surface area contributed by atoms with Crippen molar-refractivity contribution in [1.82, 2.24) is 40.4 Å². The Morgan fingerprint density at radius 1 is 0.906 bits per heavy atom. The minimum Gasteiger partial charge on any atom is -0.497 e. The van der Waals surface area contributed by atoms with Gasteiger partial charge in [0.1, 0.15) is 17.2 Å². The second-order valence-electron chi connectivity index (χ2n) is 6.25. The van der Waals surface area contributed by atoms with Crippen LogP contribution in [0.5, 0.6) is 11.5 Å². The summed E-state index contributed by atoms with van der Waals surface area (Å²) in [4.78, 5) is 0. The monoisotopic (exact) mass is 464 g/mol. The van der Waals surface area contributed by atoms with Gasteiger partial charge in [0.25, 0.3) is 0 Å². The summed E-state index contributed by atoms with van der Waals surface area (Å²) in [6, 6.07) is 9.77. The van der Waals surface area contributed by atoms with Crippen molar-refractivity contribution in [3.63, 3.8) is 0 Å². The molecule has 0 fully saturated rings. The Hall–Kier alpha value is -3.68. The molecule has 10 nitrogen and oxygen atoms in total. The van der Waals surface area contributed by atoms with E-state index in [1.807, 2.05) is 0 Å². The van der Waals surface area contributed by atoms with E-state index in [1.54, 1.807) is 25.3 Å². The molecular weight excluding hydrogens is 449 g/mol. The molecule has 2 aromatic carbocycles. The molecule has 0 radical (unpaired) electrons. The maximum atomic E-state index is 12.8. The number of benzene rings is 2. The molecule has 2 aromatic heterocycles. The fourth-order valence-corrected chi connectivity index (χ4v) is 3.59. The number of thioether (sulfide) groups is 1. The number of methoxy groups -OCH3 is 2. The predicted octanol–water partition coefficient (Wildman–Crippen LogP) is 2.97. The minimum atomic E-state index is -4.42. The highest BCUT2D eigenvalue weighted by molar-refractivity contribution is 7.98. The SMILES string of the molecule is COc1ccc(OC)c(-n2nnnc2SCc2nnnn2-c2ccc(C(F)(F)F)cc2)c1. The molecule has 0 N–H and O–H groups in total. The van der Waals surface area contributed by atoms with Crippen molar-refractivity contribution in [2.45, 2.75) is 17.1 Å². The van der Waals surface area contributed by atoms with Crippen LogP contribution in [-0.4, -0.2) is 54.6 Å². The number of rotatable bonds is 7. The average molecular weight is 464 g/mol. The van der Waals surface area contributed by atoms with E-state index in [0.717, 1.165) is 12.1 Å². The van der Waals surface area contributed by atoms with Crippen LogP contribution in [0.4, 0.5) is 13.2 Å². The largest absolute Gasteiger partial charge is 0.497 e. The van der Waals surface area contributed by atoms with E-state index >= 15 is 0 Å². The number of ether oxygens (including phenoxy) is 2. The fourth-order valence-electron chi connectivity index (χ4n) is 2.80. The smallest absolute Gasteiger partial charge is 0.416 e. The highest BCUT2D eigenvalue weighted by Crippen LogP contribution is 2.31. The van der Waals surface area contributed by atoms with Gasteiger partial charge in [-0.3, -0.25) is 0 Å². The molecule has 166 valence electrons. The molecule has 0 bridgehead atoms. The first-order valence-corrected chi connectivity index (χ1v) is 9.97. The second kappa shape index (κ2) is 8.82. The summed E-state index contributed by atoms with van der Waals surface area (Å²) in [6.45, 7) is 0. The lowest BCUT2D eigenvalue weighted by atomic mass is 10.2. The van der Waals surface area contributed by atoms with E-state index in [1.165, 1.54) is 40.4 Å². The topological polar surface area (TPSA) is 106 Å². The van der Waals surface area contributed by atoms with E-state index in [-0.39, 0.29) is 5.75 Å². The molecule has 32 heavy (non-hydrogen) atoms. The van der Waals surface area contributed by atoms with Crippen LogP contribution in [0, 0.1) is 0 Å². The molecule has 0 atom stereocenters. The van der Waals surface area contributed by atoms with Gasteiger partial charge in [0.05, 0.1) is 31.2 Å². The third-order valence-corrected chi connectivity index (χ3v) is 5.27. The van der Waals surface area contributed by atoms with E-state index in [4.69, 9.17) is 9.47 Å². The molecule has 0 saturated carbocycles. The standard InChI is InChI=1S/C18H15F3N8O2S/c1-30-13-7-8-15(31-2)14(9-13)29-17(23-25-27-29)32-10-16-22-24-26-28(16)12-5-3-11(4-6-12)18(19,20)21/h3-9H,10H2,1-2H3. The maximum absolute atomic E-state index is 12.8. The molecule has 0 unspecified atom stereocenters. The van der Waals surface area contributed by atoms with Crippen LogP contribution >= 0.6 is 11.8 Å². The van der Waals surface area contributed by atoms with Crippen LogP contribution in [-0.2, 0) is 11.9 Å². The van der Waals surface area contributed by atoms with Gasteiger partial charge in [-0.25, -0.2) is 0 Å². The molecule has 0 amide bonds. The van der Waals surface area contributed by atoms with E-state index in [9.17, 15) is 13.2 Å². The summed E-state index contributed by atoms with van der Waals surface area (Å²) in [5.74, 6) is 1.79. The molecule has 2 heterocycles. The lowest BCUT2D eigenvalue weighted by molar-refractivity contribution is -0.137. The Kier molecular flexibility index (Phi) is 5.94. The third kappa shape index (κ3) is 4.34. The molecule has 0 spiro atoms. The lowest BCUT2D eigenvalue weighted by Gasteiger charge is -2.11. The zero-order valence-electron chi connectivity index (χ0n) is 16.7. The molecule has 0 aliphatic rings. The van der Waals surface area contributed by atoms with Crippen molar-refractivity contribution in [2.24, 2.45) is 0 Å². The normalized spacial score (nSPS) is 11.5. The van der Waals surface area contributed by atoms with E-state index in [2.05, 4.69) is 31.1 Å². The van der Waals surface area contributed by atoms with Crippen LogP contribution in [0.1, 0.15) is 11.4 Å². The highest BCUT2D eigenvalue weighted by Gasteiger charge is 2.30. The summed E-state index contributed by atoms with van der Waals surface area (Å²) in [7, 11) is 3.07. The number of hydrogen-bond donors (Lipinski definition) is 0. The molecule has 0 aliphatic heterocycles. The van der Waals surface area contributed by atoms with Crippen molar-refractivity contribution >= 4 is 11.8 Å². The van der Waals surface area contributed by atoms with Gasteiger partial charge in [-0.1, -0.05) is 11.8 Å². The minimum absolute atomic E-state index is 0.251. The molecule has 4 rings (SSSR count). The van der Waals surface area contributed by atoms with Gasteiger partial charge in [0, 0.05) is 6.07 Å². The van der Waals surface area contributed by atoms with Crippen LogP contribution in [0.25, 0.3) is 11.4 Å². The molecule has 14 heteroatoms. The molecule has 4 aromatic rings. The van der Waals surface area contributed by atoms with Gasteiger partial charge in [-0.2, -0.15) is 22.5 Å². The van der Waals surface area contributed by atoms with E-state index in [0.29, 0.717) is 33.9 Å². The van der Waals surface area contributed by atoms with Gasteiger partial charge in [0.2, 0.25) is 5.16 Å². The Morgan fingerprint density at radius 3 is 2.31 bits per heavy atom. The van der Waals surface area contributed by atoms with Crippen molar-refractivity contribution < 1.29 is 22.6 Å². The van der Waals surface area contributed by atoms with Gasteiger partial charge in [0.15, 0.2) is 5.82 Å². The van der Waals surface area contributed by atoms with E-state index < -0.39 is 11.7 Å². The summed E-state index contributed by atoms with van der Waals surface area (Å²) in [6.07, 6.45) is -4.42. The number of tetrazole rings is 2. The Balaban J connectivity index is 1.57. The van der Waals surface area contributed by atoms with Gasteiger partial charge >= 0.3 is 6.18 Å². The second-order valence-corrected chi connectivity index (χ2v) is 7.19. The van der Waals surface area contributed by atoms with Crippen molar-refractivity contribution in [3.8, 4) is 22.9 Å². The Bertz CT molecular complexity index is 1210. The summed E-state index contributed by atoms with van der Waals surface area (Å²) in [5.41, 5.74) is 0.214. The third-order valence-electron chi connectivity index (χ3n) is 4.36. The molecule has 0 saturated heterocycles. The van der Waals surface area contributed by atoms with Crippen LogP contribution < -0.4 is 9.47 Å². The van der Waals surface area contributed by atoms with Crippen LogP contribution in [0.3, 0.4) is 0 Å². The number of aromatic nitrogens is 8. The zero-order valence-corrected chi connectivity index (χ0v) is 17.5. The Labute approximate surface area is 183 Å². The van der Waals surface area contributed by atoms with Crippen molar-refractivity contribution in [1.29, 1.82) is 0 Å². The zero-order chi connectivity index (χ0) is 22.7. The fraction of sp³-hybridized carbons (Fsp3) is 0.222.